The molecule has 2 rings (SSSR count). The van der Waals surface area contributed by atoms with Crippen LogP contribution >= 0.6 is 23.4 Å². The van der Waals surface area contributed by atoms with Gasteiger partial charge in [-0.05, 0) is 30.2 Å². The molecule has 0 amide bonds. The highest BCUT2D eigenvalue weighted by atomic mass is 35.5. The maximum Gasteiger partial charge on any atom is 0.336 e. The predicted octanol–water partition coefficient (Wildman–Crippen LogP) is 3.83. The van der Waals surface area contributed by atoms with E-state index in [1.165, 1.54) is 12.1 Å². The summed E-state index contributed by atoms with van der Waals surface area (Å²) in [6.07, 6.45) is 0.308. The van der Waals surface area contributed by atoms with E-state index in [1.54, 1.807) is 6.07 Å². The Morgan fingerprint density at radius 3 is 2.36 bits per heavy atom. The molecule has 6 heteroatoms. The number of aromatic carboxylic acids is 1. The van der Waals surface area contributed by atoms with Crippen molar-refractivity contribution in [3.05, 3.63) is 64.7 Å². The maximum atomic E-state index is 11.5. The molecule has 2 N–H and O–H groups in total. The Morgan fingerprint density at radius 2 is 1.77 bits per heavy atom. The molecule has 0 aliphatic carbocycles. The monoisotopic (exact) mass is 336 g/mol. The molecule has 0 spiro atoms. The van der Waals surface area contributed by atoms with Gasteiger partial charge in [0, 0.05) is 9.92 Å². The number of carboxylic acid groups (broad SMARTS) is 2. The fourth-order valence-electron chi connectivity index (χ4n) is 1.93. The Bertz CT molecular complexity index is 688. The fraction of sp³-hybridized carbons (Fsp3) is 0.125. The highest BCUT2D eigenvalue weighted by Crippen LogP contribution is 2.31. The second-order valence-electron chi connectivity index (χ2n) is 4.58. The van der Waals surface area contributed by atoms with Crippen molar-refractivity contribution in [2.24, 2.45) is 0 Å². The van der Waals surface area contributed by atoms with Gasteiger partial charge < -0.3 is 10.2 Å². The molecule has 0 fully saturated rings. The van der Waals surface area contributed by atoms with Crippen molar-refractivity contribution in [2.45, 2.75) is 16.6 Å². The average molecular weight is 337 g/mol. The molecular weight excluding hydrogens is 324 g/mol. The SMILES string of the molecule is O=C(O)c1cc(Cl)ccc1SC(Cc1ccccc1)C(=O)O. The predicted molar refractivity (Wildman–Crippen MR) is 85.8 cm³/mol. The second-order valence-corrected chi connectivity index (χ2v) is 6.26. The summed E-state index contributed by atoms with van der Waals surface area (Å²) in [4.78, 5) is 23.1. The van der Waals surface area contributed by atoms with E-state index < -0.39 is 17.2 Å². The van der Waals surface area contributed by atoms with Crippen molar-refractivity contribution in [3.8, 4) is 0 Å². The van der Waals surface area contributed by atoms with E-state index in [9.17, 15) is 19.8 Å². The van der Waals surface area contributed by atoms with Gasteiger partial charge in [0.25, 0.3) is 0 Å². The van der Waals surface area contributed by atoms with Crippen LogP contribution < -0.4 is 0 Å². The van der Waals surface area contributed by atoms with Crippen LogP contribution in [-0.2, 0) is 11.2 Å². The lowest BCUT2D eigenvalue weighted by molar-refractivity contribution is -0.136. The van der Waals surface area contributed by atoms with Crippen LogP contribution in [0.25, 0.3) is 0 Å². The molecular formula is C16H13ClO4S. The summed E-state index contributed by atoms with van der Waals surface area (Å²) in [5.41, 5.74) is 0.894. The highest BCUT2D eigenvalue weighted by molar-refractivity contribution is 8.00. The van der Waals surface area contributed by atoms with E-state index in [0.29, 0.717) is 16.3 Å². The summed E-state index contributed by atoms with van der Waals surface area (Å²) in [6, 6.07) is 13.6. The minimum absolute atomic E-state index is 0.0109. The largest absolute Gasteiger partial charge is 0.480 e. The topological polar surface area (TPSA) is 74.6 Å². The van der Waals surface area contributed by atoms with Gasteiger partial charge in [0.2, 0.25) is 0 Å². The molecule has 0 aliphatic heterocycles. The van der Waals surface area contributed by atoms with Crippen molar-refractivity contribution in [2.75, 3.05) is 0 Å². The molecule has 1 unspecified atom stereocenters. The lowest BCUT2D eigenvalue weighted by atomic mass is 10.1. The molecule has 2 aromatic rings. The molecule has 0 aliphatic rings. The Labute approximate surface area is 136 Å². The smallest absolute Gasteiger partial charge is 0.336 e. The number of aliphatic carboxylic acids is 1. The summed E-state index contributed by atoms with van der Waals surface area (Å²) in [7, 11) is 0. The zero-order valence-corrected chi connectivity index (χ0v) is 13.0. The van der Waals surface area contributed by atoms with Crippen LogP contribution in [-0.4, -0.2) is 27.4 Å². The minimum atomic E-state index is -1.13. The van der Waals surface area contributed by atoms with Crippen LogP contribution in [0, 0.1) is 0 Å². The Balaban J connectivity index is 2.25. The number of carbonyl (C=O) groups is 2. The molecule has 0 saturated heterocycles. The Hall–Kier alpha value is -1.98. The standard InChI is InChI=1S/C16H13ClO4S/c17-11-6-7-13(12(9-11)15(18)19)22-14(16(20)21)8-10-4-2-1-3-5-10/h1-7,9,14H,8H2,(H,18,19)(H,20,21). The zero-order chi connectivity index (χ0) is 16.1. The first-order chi connectivity index (χ1) is 10.5. The van der Waals surface area contributed by atoms with Crippen LogP contribution in [0.15, 0.2) is 53.4 Å². The summed E-state index contributed by atoms with van der Waals surface area (Å²) >= 11 is 6.82. The van der Waals surface area contributed by atoms with Crippen molar-refractivity contribution in [3.63, 3.8) is 0 Å². The minimum Gasteiger partial charge on any atom is -0.480 e. The number of halogens is 1. The average Bonchev–Trinajstić information content (AvgIpc) is 2.49. The normalized spacial score (nSPS) is 11.9. The first-order valence-corrected chi connectivity index (χ1v) is 7.69. The van der Waals surface area contributed by atoms with Gasteiger partial charge in [-0.1, -0.05) is 41.9 Å². The van der Waals surface area contributed by atoms with Gasteiger partial charge in [0.15, 0.2) is 0 Å². The van der Waals surface area contributed by atoms with Gasteiger partial charge in [-0.3, -0.25) is 4.79 Å². The van der Waals surface area contributed by atoms with Gasteiger partial charge in [0.05, 0.1) is 5.56 Å². The third-order valence-corrected chi connectivity index (χ3v) is 4.48. The van der Waals surface area contributed by atoms with Crippen LogP contribution in [0.4, 0.5) is 0 Å². The number of hydrogen-bond acceptors (Lipinski definition) is 3. The van der Waals surface area contributed by atoms with Crippen LogP contribution in [0.2, 0.25) is 5.02 Å². The van der Waals surface area contributed by atoms with Gasteiger partial charge in [-0.25, -0.2) is 4.79 Å². The van der Waals surface area contributed by atoms with E-state index >= 15 is 0 Å². The first kappa shape index (κ1) is 16.4. The third-order valence-electron chi connectivity index (χ3n) is 2.98. The first-order valence-electron chi connectivity index (χ1n) is 6.43. The molecule has 0 heterocycles. The molecule has 0 bridgehead atoms. The number of benzene rings is 2. The summed E-state index contributed by atoms with van der Waals surface area (Å²) in [5, 5.41) is 18.1. The Morgan fingerprint density at radius 1 is 1.09 bits per heavy atom. The van der Waals surface area contributed by atoms with Crippen LogP contribution in [0.5, 0.6) is 0 Å². The van der Waals surface area contributed by atoms with Gasteiger partial charge in [-0.15, -0.1) is 11.8 Å². The quantitative estimate of drug-likeness (QED) is 0.784. The highest BCUT2D eigenvalue weighted by Gasteiger charge is 2.22. The number of rotatable bonds is 6. The lowest BCUT2D eigenvalue weighted by Crippen LogP contribution is -2.19. The van der Waals surface area contributed by atoms with E-state index in [0.717, 1.165) is 17.3 Å². The van der Waals surface area contributed by atoms with Crippen LogP contribution in [0.1, 0.15) is 15.9 Å². The fourth-order valence-corrected chi connectivity index (χ4v) is 3.21. The second kappa shape index (κ2) is 7.33. The van der Waals surface area contributed by atoms with E-state index in [2.05, 4.69) is 0 Å². The number of hydrogen-bond donors (Lipinski definition) is 2. The van der Waals surface area contributed by atoms with Crippen molar-refractivity contribution >= 4 is 35.3 Å². The molecule has 4 nitrogen and oxygen atoms in total. The summed E-state index contributed by atoms with van der Waals surface area (Å²) in [5.74, 6) is -2.12. The number of carboxylic acids is 2. The molecule has 2 aromatic carbocycles. The molecule has 1 atom stereocenters. The molecule has 0 saturated carbocycles. The molecule has 0 aromatic heterocycles. The molecule has 114 valence electrons. The maximum absolute atomic E-state index is 11.5. The molecule has 22 heavy (non-hydrogen) atoms. The zero-order valence-electron chi connectivity index (χ0n) is 11.4. The lowest BCUT2D eigenvalue weighted by Gasteiger charge is -2.14. The van der Waals surface area contributed by atoms with Crippen molar-refractivity contribution in [1.29, 1.82) is 0 Å². The summed E-state index contributed by atoms with van der Waals surface area (Å²) in [6.45, 7) is 0. The van der Waals surface area contributed by atoms with Crippen molar-refractivity contribution in [1.82, 2.24) is 0 Å². The Kier molecular flexibility index (Phi) is 5.46. The van der Waals surface area contributed by atoms with Gasteiger partial charge in [-0.2, -0.15) is 0 Å². The van der Waals surface area contributed by atoms with Gasteiger partial charge in [0.1, 0.15) is 5.25 Å². The van der Waals surface area contributed by atoms with E-state index in [4.69, 9.17) is 11.6 Å². The number of thioether (sulfide) groups is 1. The molecule has 0 radical (unpaired) electrons. The summed E-state index contributed by atoms with van der Waals surface area (Å²) < 4.78 is 0. The van der Waals surface area contributed by atoms with Crippen LogP contribution in [0.3, 0.4) is 0 Å². The van der Waals surface area contributed by atoms with E-state index in [-0.39, 0.29) is 5.56 Å². The van der Waals surface area contributed by atoms with Gasteiger partial charge >= 0.3 is 11.9 Å². The van der Waals surface area contributed by atoms with E-state index in [1.807, 2.05) is 30.3 Å². The van der Waals surface area contributed by atoms with Crippen molar-refractivity contribution < 1.29 is 19.8 Å². The third kappa shape index (κ3) is 4.26.